The van der Waals surface area contributed by atoms with Crippen molar-refractivity contribution in [1.82, 2.24) is 24.7 Å². The summed E-state index contributed by atoms with van der Waals surface area (Å²) >= 11 is 0. The molecule has 1 fully saturated rings. The van der Waals surface area contributed by atoms with Crippen molar-refractivity contribution in [1.29, 1.82) is 0 Å². The highest BCUT2D eigenvalue weighted by Crippen LogP contribution is 2.05. The van der Waals surface area contributed by atoms with E-state index in [1.807, 2.05) is 0 Å². The highest BCUT2D eigenvalue weighted by atomic mass is 16.2. The number of nitrogens with one attached hydrogen (secondary N) is 1. The predicted octanol–water partition coefficient (Wildman–Crippen LogP) is -0.713. The Kier molecular flexibility index (Phi) is 5.08. The fourth-order valence-corrected chi connectivity index (χ4v) is 2.79. The lowest BCUT2D eigenvalue weighted by Gasteiger charge is -2.29. The van der Waals surface area contributed by atoms with Crippen LogP contribution in [0.1, 0.15) is 0 Å². The second kappa shape index (κ2) is 7.43. The van der Waals surface area contributed by atoms with Gasteiger partial charge in [0.1, 0.15) is 6.54 Å². The fourth-order valence-electron chi connectivity index (χ4n) is 2.79. The molecule has 2 aromatic rings. The molecule has 1 aromatic carbocycles. The first-order chi connectivity index (χ1) is 12.1. The molecule has 1 N–H and O–H groups in total. The molecule has 0 unspecified atom stereocenters. The molecule has 0 spiro atoms. The molecule has 1 saturated heterocycles. The summed E-state index contributed by atoms with van der Waals surface area (Å²) in [5.74, 6) is -0.385. The minimum absolute atomic E-state index is 0.00853. The van der Waals surface area contributed by atoms with Gasteiger partial charge in [0.2, 0.25) is 11.8 Å². The number of para-hydroxylation sites is 1. The average molecular weight is 343 g/mol. The van der Waals surface area contributed by atoms with E-state index >= 15 is 0 Å². The van der Waals surface area contributed by atoms with E-state index < -0.39 is 0 Å². The van der Waals surface area contributed by atoms with Crippen LogP contribution in [0.25, 0.3) is 10.9 Å². The summed E-state index contributed by atoms with van der Waals surface area (Å²) in [6.07, 6.45) is 1.37. The standard InChI is InChI=1S/C17H21N5O3/c1-20(10-16(24)21-8-6-18-7-9-21)15(23)11-22-12-19-14-5-3-2-4-13(14)17(22)25/h2-5,12,18H,6-11H2,1H3. The van der Waals surface area contributed by atoms with Crippen molar-refractivity contribution in [2.24, 2.45) is 0 Å². The second-order valence-electron chi connectivity index (χ2n) is 6.08. The Hall–Kier alpha value is -2.74. The van der Waals surface area contributed by atoms with Crippen molar-refractivity contribution in [2.75, 3.05) is 39.8 Å². The largest absolute Gasteiger partial charge is 0.339 e. The number of piperazine rings is 1. The average Bonchev–Trinajstić information content (AvgIpc) is 2.64. The van der Waals surface area contributed by atoms with Crippen LogP contribution in [0.3, 0.4) is 0 Å². The molecule has 0 bridgehead atoms. The van der Waals surface area contributed by atoms with E-state index in [0.717, 1.165) is 13.1 Å². The Bertz CT molecular complexity index is 842. The van der Waals surface area contributed by atoms with Crippen molar-refractivity contribution >= 4 is 22.7 Å². The quantitative estimate of drug-likeness (QED) is 0.792. The lowest BCUT2D eigenvalue weighted by molar-refractivity contribution is -0.140. The Balaban J connectivity index is 1.66. The van der Waals surface area contributed by atoms with Gasteiger partial charge in [-0.1, -0.05) is 12.1 Å². The number of likely N-dealkylation sites (N-methyl/N-ethyl adjacent to an activating group) is 1. The van der Waals surface area contributed by atoms with Crippen molar-refractivity contribution in [2.45, 2.75) is 6.54 Å². The first-order valence-corrected chi connectivity index (χ1v) is 8.23. The Labute approximate surface area is 145 Å². The van der Waals surface area contributed by atoms with Gasteiger partial charge in [0.15, 0.2) is 0 Å². The maximum absolute atomic E-state index is 12.4. The topological polar surface area (TPSA) is 87.5 Å². The van der Waals surface area contributed by atoms with E-state index in [4.69, 9.17) is 0 Å². The first-order valence-electron chi connectivity index (χ1n) is 8.23. The third kappa shape index (κ3) is 3.85. The van der Waals surface area contributed by atoms with Crippen molar-refractivity contribution in [3.63, 3.8) is 0 Å². The van der Waals surface area contributed by atoms with Gasteiger partial charge < -0.3 is 15.1 Å². The number of carbonyl (C=O) groups is 2. The lowest BCUT2D eigenvalue weighted by atomic mass is 10.2. The fraction of sp³-hybridized carbons (Fsp3) is 0.412. The second-order valence-corrected chi connectivity index (χ2v) is 6.08. The predicted molar refractivity (Wildman–Crippen MR) is 93.1 cm³/mol. The normalized spacial score (nSPS) is 14.5. The number of amides is 2. The van der Waals surface area contributed by atoms with Crippen LogP contribution in [0.15, 0.2) is 35.4 Å². The van der Waals surface area contributed by atoms with Gasteiger partial charge in [-0.2, -0.15) is 0 Å². The number of hydrogen-bond donors (Lipinski definition) is 1. The first kappa shape index (κ1) is 17.1. The minimum atomic E-state index is -0.303. The number of aromatic nitrogens is 2. The number of benzene rings is 1. The number of fused-ring (bicyclic) bond motifs is 1. The zero-order valence-electron chi connectivity index (χ0n) is 14.1. The monoisotopic (exact) mass is 343 g/mol. The molecule has 1 aliphatic rings. The summed E-state index contributed by atoms with van der Waals surface area (Å²) in [6, 6.07) is 7.00. The van der Waals surface area contributed by atoms with E-state index in [0.29, 0.717) is 24.0 Å². The molecule has 0 saturated carbocycles. The van der Waals surface area contributed by atoms with Gasteiger partial charge in [-0.3, -0.25) is 19.0 Å². The van der Waals surface area contributed by atoms with E-state index in [9.17, 15) is 14.4 Å². The molecule has 0 atom stereocenters. The molecule has 0 aliphatic carbocycles. The molecule has 8 nitrogen and oxygen atoms in total. The summed E-state index contributed by atoms with van der Waals surface area (Å²) in [4.78, 5) is 44.3. The van der Waals surface area contributed by atoms with Gasteiger partial charge in [-0.15, -0.1) is 0 Å². The van der Waals surface area contributed by atoms with E-state index in [-0.39, 0.29) is 30.5 Å². The minimum Gasteiger partial charge on any atom is -0.339 e. The van der Waals surface area contributed by atoms with Gasteiger partial charge in [0.05, 0.1) is 23.8 Å². The molecule has 132 valence electrons. The van der Waals surface area contributed by atoms with Crippen LogP contribution in [0.4, 0.5) is 0 Å². The summed E-state index contributed by atoms with van der Waals surface area (Å²) in [6.45, 7) is 2.70. The summed E-state index contributed by atoms with van der Waals surface area (Å²) in [7, 11) is 1.57. The highest BCUT2D eigenvalue weighted by Gasteiger charge is 2.20. The zero-order chi connectivity index (χ0) is 17.8. The van der Waals surface area contributed by atoms with Crippen molar-refractivity contribution < 1.29 is 9.59 Å². The Morgan fingerprint density at radius 2 is 1.96 bits per heavy atom. The molecular weight excluding hydrogens is 322 g/mol. The molecular formula is C17H21N5O3. The molecule has 2 heterocycles. The molecule has 1 aliphatic heterocycles. The highest BCUT2D eigenvalue weighted by molar-refractivity contribution is 5.85. The van der Waals surface area contributed by atoms with E-state index in [1.54, 1.807) is 36.2 Å². The molecule has 8 heteroatoms. The zero-order valence-corrected chi connectivity index (χ0v) is 14.1. The van der Waals surface area contributed by atoms with Gasteiger partial charge in [-0.05, 0) is 12.1 Å². The number of nitrogens with zero attached hydrogens (tertiary/aromatic N) is 4. The molecule has 1 aromatic heterocycles. The Morgan fingerprint density at radius 3 is 2.72 bits per heavy atom. The smallest absolute Gasteiger partial charge is 0.261 e. The molecule has 0 radical (unpaired) electrons. The van der Waals surface area contributed by atoms with Crippen LogP contribution >= 0.6 is 0 Å². The van der Waals surface area contributed by atoms with Crippen LogP contribution in [0.2, 0.25) is 0 Å². The van der Waals surface area contributed by atoms with Crippen molar-refractivity contribution in [3.05, 3.63) is 40.9 Å². The summed E-state index contributed by atoms with van der Waals surface area (Å²) in [5, 5.41) is 3.65. The number of rotatable bonds is 4. The molecule has 2 amide bonds. The third-order valence-corrected chi connectivity index (χ3v) is 4.31. The maximum atomic E-state index is 12.4. The SMILES string of the molecule is CN(CC(=O)N1CCNCC1)C(=O)Cn1cnc2ccccc2c1=O. The molecule has 25 heavy (non-hydrogen) atoms. The van der Waals surface area contributed by atoms with Crippen LogP contribution in [0, 0.1) is 0 Å². The van der Waals surface area contributed by atoms with Crippen molar-refractivity contribution in [3.8, 4) is 0 Å². The van der Waals surface area contributed by atoms with Crippen LogP contribution in [-0.4, -0.2) is 70.9 Å². The van der Waals surface area contributed by atoms with Gasteiger partial charge in [-0.25, -0.2) is 4.98 Å². The summed E-state index contributed by atoms with van der Waals surface area (Å²) in [5.41, 5.74) is 0.333. The summed E-state index contributed by atoms with van der Waals surface area (Å²) < 4.78 is 1.27. The number of hydrogen-bond acceptors (Lipinski definition) is 5. The van der Waals surface area contributed by atoms with E-state index in [2.05, 4.69) is 10.3 Å². The lowest BCUT2D eigenvalue weighted by Crippen LogP contribution is -2.50. The molecule has 3 rings (SSSR count). The van der Waals surface area contributed by atoms with Crippen LogP contribution in [-0.2, 0) is 16.1 Å². The van der Waals surface area contributed by atoms with E-state index in [1.165, 1.54) is 15.8 Å². The number of carbonyl (C=O) groups excluding carboxylic acids is 2. The third-order valence-electron chi connectivity index (χ3n) is 4.31. The van der Waals surface area contributed by atoms with Gasteiger partial charge >= 0.3 is 0 Å². The maximum Gasteiger partial charge on any atom is 0.261 e. The van der Waals surface area contributed by atoms with Gasteiger partial charge in [0, 0.05) is 33.2 Å². The van der Waals surface area contributed by atoms with Crippen LogP contribution in [0.5, 0.6) is 0 Å². The van der Waals surface area contributed by atoms with Crippen LogP contribution < -0.4 is 10.9 Å². The Morgan fingerprint density at radius 1 is 1.24 bits per heavy atom. The van der Waals surface area contributed by atoms with Gasteiger partial charge in [0.25, 0.3) is 5.56 Å².